The van der Waals surface area contributed by atoms with Crippen LogP contribution in [0.4, 0.5) is 5.13 Å². The van der Waals surface area contributed by atoms with E-state index in [4.69, 9.17) is 0 Å². The van der Waals surface area contributed by atoms with Crippen LogP contribution < -0.4 is 16.6 Å². The minimum atomic E-state index is -0.654. The van der Waals surface area contributed by atoms with Crippen molar-refractivity contribution in [2.75, 3.05) is 5.32 Å². The number of thiazole rings is 1. The lowest BCUT2D eigenvalue weighted by Crippen LogP contribution is -2.39. The molecule has 4 heterocycles. The molecule has 0 unspecified atom stereocenters. The molecule has 140 valence electrons. The van der Waals surface area contributed by atoms with E-state index in [-0.39, 0.29) is 12.1 Å². The summed E-state index contributed by atoms with van der Waals surface area (Å²) in [5.41, 5.74) is 0.114. The van der Waals surface area contributed by atoms with E-state index in [2.05, 4.69) is 20.3 Å². The third kappa shape index (κ3) is 3.68. The monoisotopic (exact) mass is 411 g/mol. The number of carbonyl (C=O) groups is 1. The Balaban J connectivity index is 1.58. The van der Waals surface area contributed by atoms with E-state index in [0.717, 1.165) is 21.2 Å². The van der Waals surface area contributed by atoms with Gasteiger partial charge in [0.25, 0.3) is 11.5 Å². The molecule has 0 fully saturated rings. The Kier molecular flexibility index (Phi) is 4.96. The lowest BCUT2D eigenvalue weighted by atomic mass is 10.2. The number of nitrogens with zero attached hydrogens (tertiary/aromatic N) is 3. The molecule has 0 aliphatic heterocycles. The number of rotatable bonds is 5. The first-order valence-electron chi connectivity index (χ1n) is 8.14. The Hall–Kier alpha value is -3.37. The highest BCUT2D eigenvalue weighted by Crippen LogP contribution is 2.24. The molecule has 28 heavy (non-hydrogen) atoms. The second kappa shape index (κ2) is 7.71. The first-order chi connectivity index (χ1) is 13.6. The molecular formula is C18H13N5O3S2. The van der Waals surface area contributed by atoms with Crippen molar-refractivity contribution in [3.8, 4) is 11.3 Å². The minimum absolute atomic E-state index is 0.107. The molecule has 0 spiro atoms. The van der Waals surface area contributed by atoms with Crippen molar-refractivity contribution in [3.05, 3.63) is 84.9 Å². The maximum Gasteiger partial charge on any atom is 0.328 e. The molecule has 0 aliphatic rings. The Labute approximate surface area is 166 Å². The van der Waals surface area contributed by atoms with Gasteiger partial charge < -0.3 is 4.98 Å². The number of amides is 1. The third-order valence-electron chi connectivity index (χ3n) is 3.88. The van der Waals surface area contributed by atoms with E-state index in [1.165, 1.54) is 22.7 Å². The molecule has 1 amide bonds. The molecule has 4 aromatic heterocycles. The van der Waals surface area contributed by atoms with Crippen molar-refractivity contribution < 1.29 is 4.79 Å². The van der Waals surface area contributed by atoms with Gasteiger partial charge in [-0.1, -0.05) is 6.07 Å². The topological polar surface area (TPSA) is 110 Å². The number of aromatic nitrogens is 4. The van der Waals surface area contributed by atoms with Gasteiger partial charge in [0.1, 0.15) is 5.56 Å². The van der Waals surface area contributed by atoms with Crippen LogP contribution in [-0.2, 0) is 6.54 Å². The molecule has 0 bridgehead atoms. The van der Waals surface area contributed by atoms with Crippen LogP contribution in [0.2, 0.25) is 0 Å². The van der Waals surface area contributed by atoms with Gasteiger partial charge in [-0.3, -0.25) is 24.5 Å². The number of hydrogen-bond acceptors (Lipinski definition) is 7. The molecule has 10 heteroatoms. The van der Waals surface area contributed by atoms with E-state index >= 15 is 0 Å². The third-order valence-corrected chi connectivity index (χ3v) is 5.50. The fourth-order valence-corrected chi connectivity index (χ4v) is 3.93. The van der Waals surface area contributed by atoms with E-state index in [9.17, 15) is 14.4 Å². The zero-order chi connectivity index (χ0) is 19.5. The lowest BCUT2D eigenvalue weighted by molar-refractivity contribution is 0.102. The molecule has 2 N–H and O–H groups in total. The van der Waals surface area contributed by atoms with Gasteiger partial charge in [0.05, 0.1) is 12.2 Å². The molecule has 0 saturated heterocycles. The number of H-pyrrole nitrogens is 1. The predicted molar refractivity (Wildman–Crippen MR) is 108 cm³/mol. The summed E-state index contributed by atoms with van der Waals surface area (Å²) in [6.45, 7) is 0.107. The standard InChI is InChI=1S/C18H13N5O3S2/c24-15(22-17-21-14(10-28-17)11-3-1-5-19-7-11)13-8-20-18(26)23(16(13)25)9-12-4-2-6-27-12/h1-8,10H,9H2,(H,20,26)(H,21,22,24). The second-order valence-corrected chi connectivity index (χ2v) is 7.60. The Morgan fingerprint density at radius 1 is 1.21 bits per heavy atom. The highest BCUT2D eigenvalue weighted by Gasteiger charge is 2.17. The fraction of sp³-hybridized carbons (Fsp3) is 0.0556. The smallest absolute Gasteiger partial charge is 0.313 e. The van der Waals surface area contributed by atoms with Gasteiger partial charge in [-0.2, -0.15) is 0 Å². The summed E-state index contributed by atoms with van der Waals surface area (Å²) in [4.78, 5) is 48.9. The van der Waals surface area contributed by atoms with E-state index in [1.807, 2.05) is 23.6 Å². The van der Waals surface area contributed by atoms with Gasteiger partial charge in [0.2, 0.25) is 0 Å². The summed E-state index contributed by atoms with van der Waals surface area (Å²) in [7, 11) is 0. The fourth-order valence-electron chi connectivity index (χ4n) is 2.52. The molecule has 0 radical (unpaired) electrons. The molecule has 8 nitrogen and oxygen atoms in total. The van der Waals surface area contributed by atoms with Crippen LogP contribution in [0.3, 0.4) is 0 Å². The Morgan fingerprint density at radius 3 is 2.86 bits per heavy atom. The highest BCUT2D eigenvalue weighted by atomic mass is 32.1. The number of thiophene rings is 1. The lowest BCUT2D eigenvalue weighted by Gasteiger charge is -2.06. The number of pyridine rings is 1. The number of carbonyl (C=O) groups excluding carboxylic acids is 1. The van der Waals surface area contributed by atoms with Gasteiger partial charge in [-0.15, -0.1) is 22.7 Å². The van der Waals surface area contributed by atoms with Crippen LogP contribution in [0.25, 0.3) is 11.3 Å². The van der Waals surface area contributed by atoms with E-state index in [1.54, 1.807) is 23.8 Å². The average molecular weight is 411 g/mol. The molecule has 0 saturated carbocycles. The van der Waals surface area contributed by atoms with Crippen LogP contribution in [0.15, 0.2) is 63.2 Å². The second-order valence-electron chi connectivity index (χ2n) is 5.71. The zero-order valence-corrected chi connectivity index (χ0v) is 15.9. The van der Waals surface area contributed by atoms with Crippen molar-refractivity contribution >= 4 is 33.7 Å². The normalized spacial score (nSPS) is 10.7. The van der Waals surface area contributed by atoms with Crippen molar-refractivity contribution in [1.82, 2.24) is 19.5 Å². The summed E-state index contributed by atoms with van der Waals surface area (Å²) < 4.78 is 1.00. The first kappa shape index (κ1) is 18.0. The average Bonchev–Trinajstić information content (AvgIpc) is 3.38. The zero-order valence-electron chi connectivity index (χ0n) is 14.3. The van der Waals surface area contributed by atoms with Gasteiger partial charge >= 0.3 is 5.69 Å². The van der Waals surface area contributed by atoms with Crippen molar-refractivity contribution in [1.29, 1.82) is 0 Å². The van der Waals surface area contributed by atoms with Gasteiger partial charge in [0, 0.05) is 34.4 Å². The molecule has 4 rings (SSSR count). The van der Waals surface area contributed by atoms with Crippen LogP contribution >= 0.6 is 22.7 Å². The van der Waals surface area contributed by atoms with Crippen LogP contribution in [0.1, 0.15) is 15.2 Å². The number of hydrogen-bond donors (Lipinski definition) is 2. The van der Waals surface area contributed by atoms with Crippen molar-refractivity contribution in [3.63, 3.8) is 0 Å². The maximum atomic E-state index is 12.6. The van der Waals surface area contributed by atoms with E-state index in [0.29, 0.717) is 10.8 Å². The highest BCUT2D eigenvalue weighted by molar-refractivity contribution is 7.14. The maximum absolute atomic E-state index is 12.6. The summed E-state index contributed by atoms with van der Waals surface area (Å²) in [5, 5.41) is 6.60. The molecule has 4 aromatic rings. The Bertz CT molecular complexity index is 1230. The minimum Gasteiger partial charge on any atom is -0.313 e. The summed E-state index contributed by atoms with van der Waals surface area (Å²) in [6.07, 6.45) is 4.46. The molecular weight excluding hydrogens is 398 g/mol. The van der Waals surface area contributed by atoms with Gasteiger partial charge in [-0.25, -0.2) is 9.78 Å². The number of aromatic amines is 1. The largest absolute Gasteiger partial charge is 0.328 e. The van der Waals surface area contributed by atoms with Crippen molar-refractivity contribution in [2.45, 2.75) is 6.54 Å². The van der Waals surface area contributed by atoms with E-state index < -0.39 is 17.2 Å². The summed E-state index contributed by atoms with van der Waals surface area (Å²) in [5.74, 6) is -0.631. The van der Waals surface area contributed by atoms with Crippen molar-refractivity contribution in [2.24, 2.45) is 0 Å². The summed E-state index contributed by atoms with van der Waals surface area (Å²) >= 11 is 2.66. The van der Waals surface area contributed by atoms with Crippen LogP contribution in [0.5, 0.6) is 0 Å². The van der Waals surface area contributed by atoms with Crippen LogP contribution in [0, 0.1) is 0 Å². The van der Waals surface area contributed by atoms with Gasteiger partial charge in [0.15, 0.2) is 5.13 Å². The first-order valence-corrected chi connectivity index (χ1v) is 9.90. The SMILES string of the molecule is O=C(Nc1nc(-c2cccnc2)cs1)c1c[nH]c(=O)n(Cc2cccs2)c1=O. The molecule has 0 aliphatic carbocycles. The number of anilines is 1. The molecule has 0 atom stereocenters. The summed E-state index contributed by atoms with van der Waals surface area (Å²) in [6, 6.07) is 7.30. The molecule has 0 aromatic carbocycles. The quantitative estimate of drug-likeness (QED) is 0.524. The van der Waals surface area contributed by atoms with Gasteiger partial charge in [-0.05, 0) is 23.6 Å². The van der Waals surface area contributed by atoms with Crippen LogP contribution in [-0.4, -0.2) is 25.4 Å². The number of nitrogens with one attached hydrogen (secondary N) is 2. The Morgan fingerprint density at radius 2 is 2.11 bits per heavy atom. The predicted octanol–water partition coefficient (Wildman–Crippen LogP) is 2.42.